The molecule has 1 aromatic heterocycles. The van der Waals surface area contributed by atoms with Gasteiger partial charge in [0.1, 0.15) is 0 Å². The van der Waals surface area contributed by atoms with Crippen LogP contribution >= 0.6 is 11.3 Å². The van der Waals surface area contributed by atoms with E-state index in [4.69, 9.17) is 25.2 Å². The lowest BCUT2D eigenvalue weighted by Gasteiger charge is -2.48. The number of carboxylic acid groups (broad SMARTS) is 3. The highest BCUT2D eigenvalue weighted by atomic mass is 32.1. The van der Waals surface area contributed by atoms with E-state index in [1.54, 1.807) is 7.11 Å². The smallest absolute Gasteiger partial charge is 0.336 e. The molecule has 1 fully saturated rings. The predicted molar refractivity (Wildman–Crippen MR) is 150 cm³/mol. The van der Waals surface area contributed by atoms with Gasteiger partial charge in [0.15, 0.2) is 5.60 Å². The van der Waals surface area contributed by atoms with Gasteiger partial charge in [-0.1, -0.05) is 30.8 Å². The number of para-hydroxylation sites is 1. The lowest BCUT2D eigenvalue weighted by molar-refractivity contribution is -0.170. The van der Waals surface area contributed by atoms with E-state index in [2.05, 4.69) is 29.0 Å². The Morgan fingerprint density at radius 3 is 2.10 bits per heavy atom. The van der Waals surface area contributed by atoms with E-state index < -0.39 is 36.4 Å². The number of amides is 1. The number of benzene rings is 1. The first-order valence-corrected chi connectivity index (χ1v) is 13.5. The Morgan fingerprint density at radius 1 is 1.05 bits per heavy atom. The molecule has 1 amide bonds. The number of carbonyl (C=O) groups is 4. The first kappa shape index (κ1) is 32.6. The standard InChI is InChI=1S/C22H28N2O2S.C6H8O7/c1-3-21(25)24(19-8-5-4-6-9-19)22(18-26-2)12-15-23(16-13-22)14-11-20-10-7-17-27-20;7-3(8)1-6(13,5(11)12)2-4(9)10/h3-10,17H,1,11-16,18H2,2H3;13H,1-2H2,(H,7,8)(H,9,10)(H,11,12). The highest BCUT2D eigenvalue weighted by molar-refractivity contribution is 7.09. The molecule has 0 saturated carbocycles. The minimum absolute atomic E-state index is 0.0646. The highest BCUT2D eigenvalue weighted by Crippen LogP contribution is 2.34. The van der Waals surface area contributed by atoms with Gasteiger partial charge in [0.25, 0.3) is 5.91 Å². The molecule has 1 aromatic carbocycles. The van der Waals surface area contributed by atoms with E-state index in [0.717, 1.165) is 44.6 Å². The van der Waals surface area contributed by atoms with Crippen molar-refractivity contribution < 1.29 is 44.3 Å². The van der Waals surface area contributed by atoms with Gasteiger partial charge in [-0.3, -0.25) is 14.4 Å². The number of thiophene rings is 1. The second-order valence-electron chi connectivity index (χ2n) is 9.52. The number of carbonyl (C=O) groups excluding carboxylic acids is 1. The van der Waals surface area contributed by atoms with E-state index in [-0.39, 0.29) is 11.4 Å². The second-order valence-corrected chi connectivity index (χ2v) is 10.6. The van der Waals surface area contributed by atoms with Crippen molar-refractivity contribution in [1.82, 2.24) is 4.90 Å². The molecular formula is C28H36N2O9S. The number of rotatable bonds is 13. The van der Waals surface area contributed by atoms with Crippen LogP contribution in [0.25, 0.3) is 0 Å². The highest BCUT2D eigenvalue weighted by Gasteiger charge is 2.43. The van der Waals surface area contributed by atoms with Crippen LogP contribution in [0.5, 0.6) is 0 Å². The lowest BCUT2D eigenvalue weighted by Crippen LogP contribution is -2.60. The van der Waals surface area contributed by atoms with Crippen LogP contribution in [-0.4, -0.2) is 93.6 Å². The number of hydrogen-bond acceptors (Lipinski definition) is 8. The fourth-order valence-electron chi connectivity index (χ4n) is 4.63. The maximum atomic E-state index is 12.8. The summed E-state index contributed by atoms with van der Waals surface area (Å²) in [7, 11) is 1.71. The van der Waals surface area contributed by atoms with Crippen LogP contribution in [0.2, 0.25) is 0 Å². The molecule has 1 saturated heterocycles. The van der Waals surface area contributed by atoms with Gasteiger partial charge in [0, 0.05) is 37.3 Å². The van der Waals surface area contributed by atoms with Gasteiger partial charge in [0.2, 0.25) is 0 Å². The summed E-state index contributed by atoms with van der Waals surface area (Å²) in [6, 6.07) is 14.2. The zero-order valence-electron chi connectivity index (χ0n) is 22.4. The summed E-state index contributed by atoms with van der Waals surface area (Å²) in [6.45, 7) is 7.23. The molecule has 0 atom stereocenters. The summed E-state index contributed by atoms with van der Waals surface area (Å²) in [5.74, 6) is -5.08. The van der Waals surface area contributed by atoms with Crippen LogP contribution in [0.15, 0.2) is 60.5 Å². The number of ether oxygens (including phenoxy) is 1. The first-order chi connectivity index (χ1) is 19.0. The summed E-state index contributed by atoms with van der Waals surface area (Å²) < 4.78 is 5.59. The summed E-state index contributed by atoms with van der Waals surface area (Å²) >= 11 is 1.82. The van der Waals surface area contributed by atoms with E-state index in [1.165, 1.54) is 11.0 Å². The van der Waals surface area contributed by atoms with Crippen molar-refractivity contribution in [2.24, 2.45) is 0 Å². The number of carboxylic acids is 3. The van der Waals surface area contributed by atoms with Crippen molar-refractivity contribution in [2.45, 2.75) is 43.2 Å². The minimum atomic E-state index is -2.74. The molecule has 12 heteroatoms. The second kappa shape index (κ2) is 15.3. The van der Waals surface area contributed by atoms with Gasteiger partial charge in [-0.2, -0.15) is 0 Å². The fourth-order valence-corrected chi connectivity index (χ4v) is 5.33. The number of aliphatic carboxylic acids is 3. The summed E-state index contributed by atoms with van der Waals surface area (Å²) in [5, 5.41) is 35.9. The third-order valence-electron chi connectivity index (χ3n) is 6.62. The number of anilines is 1. The Morgan fingerprint density at radius 2 is 1.65 bits per heavy atom. The number of aliphatic hydroxyl groups is 1. The Hall–Kier alpha value is -3.58. The Kier molecular flexibility index (Phi) is 12.5. The number of nitrogens with zero attached hydrogens (tertiary/aromatic N) is 2. The van der Waals surface area contributed by atoms with Crippen molar-refractivity contribution in [3.8, 4) is 0 Å². The van der Waals surface area contributed by atoms with Gasteiger partial charge >= 0.3 is 17.9 Å². The predicted octanol–water partition coefficient (Wildman–Crippen LogP) is 2.74. The SMILES string of the molecule is C=CC(=O)N(c1ccccc1)C1(COC)CCN(CCc2cccs2)CC1.O=C(O)CC(O)(CC(=O)O)C(=O)O. The van der Waals surface area contributed by atoms with E-state index in [0.29, 0.717) is 6.61 Å². The van der Waals surface area contributed by atoms with Crippen LogP contribution in [0, 0.1) is 0 Å². The quantitative estimate of drug-likeness (QED) is 0.261. The van der Waals surface area contributed by atoms with Crippen LogP contribution in [0.1, 0.15) is 30.6 Å². The van der Waals surface area contributed by atoms with Crippen LogP contribution < -0.4 is 4.90 Å². The van der Waals surface area contributed by atoms with E-state index in [9.17, 15) is 19.2 Å². The van der Waals surface area contributed by atoms with Gasteiger partial charge in [-0.25, -0.2) is 4.79 Å². The van der Waals surface area contributed by atoms with Gasteiger partial charge in [-0.05, 0) is 48.9 Å². The Balaban J connectivity index is 0.000000366. The fraction of sp³-hybridized carbons (Fsp3) is 0.429. The van der Waals surface area contributed by atoms with Crippen molar-refractivity contribution in [1.29, 1.82) is 0 Å². The topological polar surface area (TPSA) is 165 Å². The van der Waals surface area contributed by atoms with Gasteiger partial charge in [0.05, 0.1) is 25.0 Å². The van der Waals surface area contributed by atoms with Crippen LogP contribution in [0.3, 0.4) is 0 Å². The van der Waals surface area contributed by atoms with Crippen molar-refractivity contribution in [2.75, 3.05) is 38.3 Å². The zero-order chi connectivity index (χ0) is 29.8. The van der Waals surface area contributed by atoms with Crippen molar-refractivity contribution in [3.63, 3.8) is 0 Å². The number of methoxy groups -OCH3 is 1. The van der Waals surface area contributed by atoms with Crippen molar-refractivity contribution in [3.05, 3.63) is 65.4 Å². The molecule has 3 rings (SSSR count). The Labute approximate surface area is 236 Å². The third kappa shape index (κ3) is 9.26. The van der Waals surface area contributed by atoms with Gasteiger partial charge < -0.3 is 35.0 Å². The molecule has 0 spiro atoms. The zero-order valence-corrected chi connectivity index (χ0v) is 23.2. The molecule has 0 bridgehead atoms. The summed E-state index contributed by atoms with van der Waals surface area (Å²) in [5.41, 5.74) is -2.16. The minimum Gasteiger partial charge on any atom is -0.481 e. The maximum absolute atomic E-state index is 12.8. The molecule has 0 radical (unpaired) electrons. The lowest BCUT2D eigenvalue weighted by atomic mass is 9.85. The molecule has 0 aliphatic carbocycles. The molecular weight excluding hydrogens is 540 g/mol. The van der Waals surface area contributed by atoms with E-state index in [1.807, 2.05) is 46.6 Å². The molecule has 0 unspecified atom stereocenters. The van der Waals surface area contributed by atoms with E-state index >= 15 is 0 Å². The third-order valence-corrected chi connectivity index (χ3v) is 7.56. The molecule has 1 aliphatic heterocycles. The molecule has 11 nitrogen and oxygen atoms in total. The molecule has 2 heterocycles. The first-order valence-electron chi connectivity index (χ1n) is 12.6. The van der Waals surface area contributed by atoms with Crippen LogP contribution in [0.4, 0.5) is 5.69 Å². The maximum Gasteiger partial charge on any atom is 0.336 e. The molecule has 2 aromatic rings. The molecule has 4 N–H and O–H groups in total. The monoisotopic (exact) mass is 576 g/mol. The normalized spacial score (nSPS) is 14.8. The molecule has 1 aliphatic rings. The average molecular weight is 577 g/mol. The largest absolute Gasteiger partial charge is 0.481 e. The average Bonchev–Trinajstić information content (AvgIpc) is 3.42. The Bertz CT molecular complexity index is 1110. The molecule has 218 valence electrons. The summed E-state index contributed by atoms with van der Waals surface area (Å²) in [4.78, 5) is 49.1. The number of piperidine rings is 1. The number of hydrogen-bond donors (Lipinski definition) is 4. The number of likely N-dealkylation sites (tertiary alicyclic amines) is 1. The van der Waals surface area contributed by atoms with Gasteiger partial charge in [-0.15, -0.1) is 11.3 Å². The van der Waals surface area contributed by atoms with Crippen molar-refractivity contribution >= 4 is 40.8 Å². The summed E-state index contributed by atoms with van der Waals surface area (Å²) in [6.07, 6.45) is 1.99. The van der Waals surface area contributed by atoms with Crippen LogP contribution in [-0.2, 0) is 30.3 Å². The molecule has 40 heavy (non-hydrogen) atoms.